The van der Waals surface area contributed by atoms with E-state index >= 15 is 0 Å². The van der Waals surface area contributed by atoms with Crippen LogP contribution in [0.1, 0.15) is 309 Å². The maximum atomic E-state index is 12.9. The number of ether oxygens (including phenoxy) is 4. The summed E-state index contributed by atoms with van der Waals surface area (Å²) in [4.78, 5) is 37.4. The quantitative estimate of drug-likeness (QED) is 0.0195. The van der Waals surface area contributed by atoms with Gasteiger partial charge < -0.3 is 33.3 Å². The number of allylic oxidation sites excluding steroid dienone is 16. The van der Waals surface area contributed by atoms with Crippen LogP contribution >= 0.6 is 0 Å². The second-order valence-electron chi connectivity index (χ2n) is 24.8. The van der Waals surface area contributed by atoms with Gasteiger partial charge in [0, 0.05) is 12.8 Å². The minimum Gasteiger partial charge on any atom is -0.545 e. The van der Waals surface area contributed by atoms with Crippen molar-refractivity contribution < 1.29 is 42.9 Å². The molecule has 2 unspecified atom stereocenters. The van der Waals surface area contributed by atoms with Crippen LogP contribution in [0.2, 0.25) is 0 Å². The molecule has 0 aliphatic carbocycles. The summed E-state index contributed by atoms with van der Waals surface area (Å²) in [5.41, 5.74) is 0. The highest BCUT2D eigenvalue weighted by molar-refractivity contribution is 5.70. The summed E-state index contributed by atoms with van der Waals surface area (Å²) >= 11 is 0. The molecule has 0 aromatic carbocycles. The van der Waals surface area contributed by atoms with Gasteiger partial charge >= 0.3 is 11.9 Å². The number of hydrogen-bond acceptors (Lipinski definition) is 8. The highest BCUT2D eigenvalue weighted by Crippen LogP contribution is 2.18. The summed E-state index contributed by atoms with van der Waals surface area (Å²) in [5.74, 6) is -2.32. The zero-order valence-corrected chi connectivity index (χ0v) is 56.0. The first-order valence-electron chi connectivity index (χ1n) is 35.4. The molecule has 0 aliphatic rings. The van der Waals surface area contributed by atoms with Crippen LogP contribution in [0.25, 0.3) is 0 Å². The minimum absolute atomic E-state index is 0.138. The molecule has 2 atom stereocenters. The third-order valence-electron chi connectivity index (χ3n) is 15.3. The van der Waals surface area contributed by atoms with Gasteiger partial charge in [0.05, 0.1) is 40.3 Å². The molecule has 0 fully saturated rings. The van der Waals surface area contributed by atoms with Crippen molar-refractivity contribution in [2.24, 2.45) is 0 Å². The second kappa shape index (κ2) is 66.2. The van der Waals surface area contributed by atoms with Gasteiger partial charge in [0.25, 0.3) is 0 Å². The van der Waals surface area contributed by atoms with Crippen LogP contribution in [0.3, 0.4) is 0 Å². The third kappa shape index (κ3) is 67.6. The van der Waals surface area contributed by atoms with E-state index in [9.17, 15) is 19.5 Å². The fourth-order valence-corrected chi connectivity index (χ4v) is 9.93. The lowest BCUT2D eigenvalue weighted by molar-refractivity contribution is -0.870. The number of rotatable bonds is 65. The van der Waals surface area contributed by atoms with Crippen molar-refractivity contribution in [3.05, 3.63) is 97.2 Å². The van der Waals surface area contributed by atoms with Gasteiger partial charge in [0.15, 0.2) is 12.4 Å². The van der Waals surface area contributed by atoms with Gasteiger partial charge in [-0.1, -0.05) is 297 Å². The SMILES string of the molecule is CC/C=C\C/C=C\C/C=C\C/C=C\C/C=C\CCCCCC(=O)OC(COC(=O)CCCCCCCCCCCCCCCCCCCCCCCCCCCC/C=C\C/C=C\C/C=C\CCCCCCC)COC(OCC[N+](C)(C)C)C(=O)[O-]. The first-order chi connectivity index (χ1) is 41.6. The predicted molar refractivity (Wildman–Crippen MR) is 361 cm³/mol. The average molecular weight is 1190 g/mol. The molecule has 0 aliphatic heterocycles. The number of carboxylic acids is 1. The summed E-state index contributed by atoms with van der Waals surface area (Å²) in [6.45, 7) is 4.60. The van der Waals surface area contributed by atoms with Crippen LogP contribution in [0.4, 0.5) is 0 Å². The van der Waals surface area contributed by atoms with Gasteiger partial charge in [-0.2, -0.15) is 0 Å². The first-order valence-corrected chi connectivity index (χ1v) is 35.4. The van der Waals surface area contributed by atoms with Gasteiger partial charge in [-0.15, -0.1) is 0 Å². The van der Waals surface area contributed by atoms with Crippen LogP contribution in [0.5, 0.6) is 0 Å². The first kappa shape index (κ1) is 81.2. The van der Waals surface area contributed by atoms with Crippen LogP contribution in [-0.4, -0.2) is 82.3 Å². The lowest BCUT2D eigenvalue weighted by Crippen LogP contribution is -2.44. The summed E-state index contributed by atoms with van der Waals surface area (Å²) in [6, 6.07) is 0. The number of carbonyl (C=O) groups is 3. The zero-order chi connectivity index (χ0) is 61.9. The van der Waals surface area contributed by atoms with E-state index in [4.69, 9.17) is 18.9 Å². The van der Waals surface area contributed by atoms with Crippen molar-refractivity contribution >= 4 is 17.9 Å². The number of carboxylic acid groups (broad SMARTS) is 1. The smallest absolute Gasteiger partial charge is 0.306 e. The fraction of sp³-hybridized carbons (Fsp3) is 0.750. The normalized spacial score (nSPS) is 13.3. The van der Waals surface area contributed by atoms with E-state index in [1.54, 1.807) is 0 Å². The van der Waals surface area contributed by atoms with E-state index in [-0.39, 0.29) is 38.6 Å². The molecule has 0 aromatic heterocycles. The lowest BCUT2D eigenvalue weighted by atomic mass is 10.0. The summed E-state index contributed by atoms with van der Waals surface area (Å²) in [7, 11) is 5.91. The lowest BCUT2D eigenvalue weighted by Gasteiger charge is -2.26. The molecule has 85 heavy (non-hydrogen) atoms. The van der Waals surface area contributed by atoms with Crippen molar-refractivity contribution in [1.82, 2.24) is 0 Å². The number of aliphatic carboxylic acids is 1. The number of carbonyl (C=O) groups excluding carboxylic acids is 3. The predicted octanol–water partition coefficient (Wildman–Crippen LogP) is 20.7. The molecule has 0 heterocycles. The maximum absolute atomic E-state index is 12.9. The van der Waals surface area contributed by atoms with Crippen LogP contribution < -0.4 is 5.11 Å². The standard InChI is InChI=1S/C76H133NO8/c1-6-8-10-12-14-16-18-20-22-24-26-27-28-29-30-31-32-33-34-35-36-37-38-39-40-41-42-43-44-45-46-47-49-50-52-54-56-58-60-62-64-66-73(78)83-70-72(71-84-76(75(80)81)82-69-68-77(3,4)5)85-74(79)67-65-63-61-59-57-55-53-51-48-25-23-21-19-17-15-13-11-9-7-2/h9,11,15,17-18,20-21,23-24,26,28-29,48,51,55,57,72,76H,6-8,10,12-14,16,19,22,25,27,30-47,49-50,52-54,56,58-71H2,1-5H3/b11-9-,17-15-,20-18-,23-21-,26-24-,29-28-,51-48-,57-55-. The molecule has 0 saturated heterocycles. The van der Waals surface area contributed by atoms with Crippen molar-refractivity contribution in [3.63, 3.8) is 0 Å². The largest absolute Gasteiger partial charge is 0.545 e. The van der Waals surface area contributed by atoms with Crippen molar-refractivity contribution in [2.45, 2.75) is 322 Å². The Balaban J connectivity index is 3.98. The Hall–Kier alpha value is -3.79. The number of quaternary nitrogens is 1. The Morgan fingerprint density at radius 3 is 1.01 bits per heavy atom. The number of esters is 2. The number of hydrogen-bond donors (Lipinski definition) is 0. The summed E-state index contributed by atoms with van der Waals surface area (Å²) in [5, 5.41) is 11.8. The fourth-order valence-electron chi connectivity index (χ4n) is 9.93. The minimum atomic E-state index is -1.63. The Kier molecular flexibility index (Phi) is 63.2. The topological polar surface area (TPSA) is 111 Å². The third-order valence-corrected chi connectivity index (χ3v) is 15.3. The Morgan fingerprint density at radius 2 is 0.671 bits per heavy atom. The van der Waals surface area contributed by atoms with Crippen LogP contribution in [0.15, 0.2) is 97.2 Å². The zero-order valence-electron chi connectivity index (χ0n) is 56.0. The molecule has 9 heteroatoms. The van der Waals surface area contributed by atoms with Crippen LogP contribution in [-0.2, 0) is 33.3 Å². The number of unbranched alkanes of at least 4 members (excludes halogenated alkanes) is 34. The molecule has 0 spiro atoms. The number of nitrogens with zero attached hydrogens (tertiary/aromatic N) is 1. The van der Waals surface area contributed by atoms with Gasteiger partial charge in [-0.25, -0.2) is 0 Å². The van der Waals surface area contributed by atoms with E-state index in [0.717, 1.165) is 83.5 Å². The molecule has 0 aromatic rings. The number of likely N-dealkylation sites (N-methyl/N-ethyl adjacent to an activating group) is 1. The molecule has 0 amide bonds. The average Bonchev–Trinajstić information content (AvgIpc) is 3.48. The monoisotopic (exact) mass is 1190 g/mol. The summed E-state index contributed by atoms with van der Waals surface area (Å²) in [6.07, 6.45) is 88.1. The van der Waals surface area contributed by atoms with Crippen molar-refractivity contribution in [3.8, 4) is 0 Å². The second-order valence-corrected chi connectivity index (χ2v) is 24.8. The van der Waals surface area contributed by atoms with E-state index < -0.39 is 24.3 Å². The highest BCUT2D eigenvalue weighted by Gasteiger charge is 2.22. The molecule has 490 valence electrons. The molecule has 0 radical (unpaired) electrons. The molecular weight excluding hydrogens is 1050 g/mol. The van der Waals surface area contributed by atoms with E-state index in [0.29, 0.717) is 17.4 Å². The Labute approximate surface area is 524 Å². The Morgan fingerprint density at radius 1 is 0.365 bits per heavy atom. The van der Waals surface area contributed by atoms with Crippen molar-refractivity contribution in [2.75, 3.05) is 47.5 Å². The molecule has 9 nitrogen and oxygen atoms in total. The molecular formula is C76H133NO8. The van der Waals surface area contributed by atoms with Crippen LogP contribution in [0, 0.1) is 0 Å². The molecule has 0 rings (SSSR count). The van der Waals surface area contributed by atoms with E-state index in [1.165, 1.54) is 193 Å². The van der Waals surface area contributed by atoms with Gasteiger partial charge in [0.2, 0.25) is 0 Å². The summed E-state index contributed by atoms with van der Waals surface area (Å²) < 4.78 is 22.7. The van der Waals surface area contributed by atoms with E-state index in [1.807, 2.05) is 21.1 Å². The van der Waals surface area contributed by atoms with Gasteiger partial charge in [-0.3, -0.25) is 9.59 Å². The van der Waals surface area contributed by atoms with E-state index in [2.05, 4.69) is 111 Å². The molecule has 0 N–H and O–H groups in total. The highest BCUT2D eigenvalue weighted by atomic mass is 16.7. The Bertz CT molecular complexity index is 1720. The van der Waals surface area contributed by atoms with Gasteiger partial charge in [0.1, 0.15) is 13.2 Å². The molecule has 0 saturated carbocycles. The maximum Gasteiger partial charge on any atom is 0.306 e. The van der Waals surface area contributed by atoms with Crippen molar-refractivity contribution in [1.29, 1.82) is 0 Å². The molecule has 0 bridgehead atoms. The van der Waals surface area contributed by atoms with Gasteiger partial charge in [-0.05, 0) is 96.3 Å².